The van der Waals surface area contributed by atoms with Crippen LogP contribution in [-0.2, 0) is 16.7 Å². The minimum absolute atomic E-state index is 0.268. The molecule has 6 heteroatoms. The summed E-state index contributed by atoms with van der Waals surface area (Å²) >= 11 is 0. The number of allylic oxidation sites excluding steroid dienone is 4. The minimum atomic E-state index is -0.517. The second kappa shape index (κ2) is 7.37. The monoisotopic (exact) mass is 385 g/mol. The maximum atomic E-state index is 12.9. The van der Waals surface area contributed by atoms with Crippen molar-refractivity contribution in [2.24, 2.45) is 5.92 Å². The third-order valence-electron chi connectivity index (χ3n) is 6.14. The number of hydrogen-bond donors (Lipinski definition) is 0. The van der Waals surface area contributed by atoms with Crippen molar-refractivity contribution in [3.8, 4) is 0 Å². The van der Waals surface area contributed by atoms with E-state index < -0.39 is 11.1 Å². The molecule has 2 saturated heterocycles. The van der Waals surface area contributed by atoms with Crippen LogP contribution in [0.25, 0.3) is 0 Å². The first-order chi connectivity index (χ1) is 13.4. The van der Waals surface area contributed by atoms with Crippen LogP contribution in [0.2, 0.25) is 0 Å². The van der Waals surface area contributed by atoms with Gasteiger partial charge in [-0.15, -0.1) is 0 Å². The number of amides is 1. The summed E-state index contributed by atoms with van der Waals surface area (Å²) in [5.74, 6) is 1.86. The fourth-order valence-electron chi connectivity index (χ4n) is 4.61. The number of fused-ring (bicyclic) bond motifs is 3. The molecule has 6 nitrogen and oxygen atoms in total. The van der Waals surface area contributed by atoms with E-state index in [1.807, 2.05) is 25.7 Å². The van der Waals surface area contributed by atoms with Crippen LogP contribution in [0, 0.1) is 5.92 Å². The van der Waals surface area contributed by atoms with Crippen LogP contribution >= 0.6 is 0 Å². The molecule has 2 bridgehead atoms. The van der Waals surface area contributed by atoms with Crippen molar-refractivity contribution >= 4 is 6.09 Å². The third-order valence-corrected chi connectivity index (χ3v) is 6.14. The third kappa shape index (κ3) is 3.87. The molecule has 0 N–H and O–H groups in total. The van der Waals surface area contributed by atoms with Gasteiger partial charge >= 0.3 is 6.09 Å². The van der Waals surface area contributed by atoms with E-state index in [9.17, 15) is 4.79 Å². The van der Waals surface area contributed by atoms with Gasteiger partial charge in [0, 0.05) is 13.0 Å². The highest BCUT2D eigenvalue weighted by Gasteiger charge is 2.54. The summed E-state index contributed by atoms with van der Waals surface area (Å²) in [6.07, 6.45) is 14.1. The second-order valence-electron chi connectivity index (χ2n) is 9.37. The second-order valence-corrected chi connectivity index (χ2v) is 9.37. The Bertz CT molecular complexity index is 779. The molecule has 1 aromatic rings. The highest BCUT2D eigenvalue weighted by molar-refractivity contribution is 5.70. The molecule has 1 saturated carbocycles. The lowest BCUT2D eigenvalue weighted by Gasteiger charge is -2.52. The zero-order valence-corrected chi connectivity index (χ0v) is 17.2. The van der Waals surface area contributed by atoms with E-state index in [-0.39, 0.29) is 6.09 Å². The lowest BCUT2D eigenvalue weighted by molar-refractivity contribution is -0.0686. The van der Waals surface area contributed by atoms with Crippen LogP contribution in [0.4, 0.5) is 4.79 Å². The number of aryl methyl sites for hydroxylation is 1. The molecular formula is C22H31N3O3. The van der Waals surface area contributed by atoms with Gasteiger partial charge in [0.05, 0.1) is 0 Å². The van der Waals surface area contributed by atoms with Gasteiger partial charge in [-0.05, 0) is 71.6 Å². The fourth-order valence-corrected chi connectivity index (χ4v) is 4.61. The molecule has 3 fully saturated rings. The summed E-state index contributed by atoms with van der Waals surface area (Å²) < 4.78 is 11.4. The highest BCUT2D eigenvalue weighted by atomic mass is 16.6. The summed E-state index contributed by atoms with van der Waals surface area (Å²) in [7, 11) is 0. The van der Waals surface area contributed by atoms with E-state index in [4.69, 9.17) is 14.2 Å². The Morgan fingerprint density at radius 1 is 1.32 bits per heavy atom. The number of rotatable bonds is 4. The van der Waals surface area contributed by atoms with Gasteiger partial charge in [0.25, 0.3) is 5.89 Å². The Balaban J connectivity index is 1.52. The first-order valence-corrected chi connectivity index (χ1v) is 10.5. The first kappa shape index (κ1) is 19.2. The zero-order valence-electron chi connectivity index (χ0n) is 17.2. The Morgan fingerprint density at radius 3 is 2.79 bits per heavy atom. The van der Waals surface area contributed by atoms with Crippen molar-refractivity contribution < 1.29 is 14.1 Å². The fraction of sp³-hybridized carbons (Fsp3) is 0.682. The van der Waals surface area contributed by atoms with Gasteiger partial charge in [-0.3, -0.25) is 4.90 Å². The summed E-state index contributed by atoms with van der Waals surface area (Å²) in [4.78, 5) is 19.5. The van der Waals surface area contributed by atoms with Crippen LogP contribution in [0.3, 0.4) is 0 Å². The van der Waals surface area contributed by atoms with E-state index in [0.29, 0.717) is 18.4 Å². The normalized spacial score (nSPS) is 27.0. The minimum Gasteiger partial charge on any atom is -0.444 e. The van der Waals surface area contributed by atoms with Crippen LogP contribution < -0.4 is 0 Å². The molecule has 0 aromatic carbocycles. The predicted molar refractivity (Wildman–Crippen MR) is 106 cm³/mol. The number of nitrogens with zero attached hydrogens (tertiary/aromatic N) is 3. The summed E-state index contributed by atoms with van der Waals surface area (Å²) in [5.41, 5.74) is 0.410. The molecule has 5 rings (SSSR count). The van der Waals surface area contributed by atoms with E-state index in [2.05, 4.69) is 23.4 Å². The quantitative estimate of drug-likeness (QED) is 0.736. The van der Waals surface area contributed by atoms with Crippen molar-refractivity contribution in [3.05, 3.63) is 35.5 Å². The van der Waals surface area contributed by atoms with Gasteiger partial charge in [0.2, 0.25) is 0 Å². The number of hydrogen-bond acceptors (Lipinski definition) is 5. The zero-order chi connectivity index (χ0) is 19.8. The molecule has 0 unspecified atom stereocenters. The molecule has 0 atom stereocenters. The van der Waals surface area contributed by atoms with Gasteiger partial charge in [-0.25, -0.2) is 4.79 Å². The molecular weight excluding hydrogens is 354 g/mol. The summed E-state index contributed by atoms with van der Waals surface area (Å²) in [6.45, 7) is 6.42. The number of piperidine rings is 2. The molecule has 0 spiro atoms. The van der Waals surface area contributed by atoms with E-state index >= 15 is 0 Å². The molecule has 1 aromatic heterocycles. The standard InChI is InChI=1S/C22H31N3O3/c1-21(2,3)27-20(26)25-15-17-11-13-22(25,14-12-17)19-23-18(24-28-19)10-9-16-7-5-4-6-8-16/h4-5,7,17H,6,8-15H2,1-3H3. The van der Waals surface area contributed by atoms with Crippen molar-refractivity contribution in [2.45, 2.75) is 83.3 Å². The predicted octanol–water partition coefficient (Wildman–Crippen LogP) is 4.91. The smallest absolute Gasteiger partial charge is 0.411 e. The van der Waals surface area contributed by atoms with Crippen LogP contribution in [0.15, 0.2) is 28.3 Å². The molecule has 4 aliphatic rings. The SMILES string of the molecule is CC(C)(C)OC(=O)N1CC2CCC1(c1nc(CCC3=CC=CCC3)no1)CC2. The van der Waals surface area contributed by atoms with Crippen molar-refractivity contribution in [3.63, 3.8) is 0 Å². The molecule has 28 heavy (non-hydrogen) atoms. The van der Waals surface area contributed by atoms with E-state index in [1.165, 1.54) is 5.57 Å². The number of ether oxygens (including phenoxy) is 1. The Labute approximate surface area is 167 Å². The summed E-state index contributed by atoms with van der Waals surface area (Å²) in [6, 6.07) is 0. The highest BCUT2D eigenvalue weighted by Crippen LogP contribution is 2.49. The molecule has 3 heterocycles. The lowest BCUT2D eigenvalue weighted by atomic mass is 9.70. The molecule has 0 radical (unpaired) electrons. The van der Waals surface area contributed by atoms with Crippen molar-refractivity contribution in [2.75, 3.05) is 6.54 Å². The number of carbonyl (C=O) groups is 1. The van der Waals surface area contributed by atoms with Gasteiger partial charge in [-0.1, -0.05) is 29.0 Å². The number of aromatic nitrogens is 2. The van der Waals surface area contributed by atoms with Crippen molar-refractivity contribution in [1.82, 2.24) is 15.0 Å². The number of carbonyl (C=O) groups excluding carboxylic acids is 1. The van der Waals surface area contributed by atoms with Crippen LogP contribution in [-0.4, -0.2) is 33.3 Å². The molecule has 2 aliphatic heterocycles. The van der Waals surface area contributed by atoms with E-state index in [0.717, 1.165) is 57.2 Å². The van der Waals surface area contributed by atoms with Gasteiger partial charge < -0.3 is 9.26 Å². The van der Waals surface area contributed by atoms with Crippen LogP contribution in [0.1, 0.15) is 77.4 Å². The molecule has 152 valence electrons. The molecule has 1 amide bonds. The van der Waals surface area contributed by atoms with Gasteiger partial charge in [0.1, 0.15) is 11.1 Å². The average molecular weight is 386 g/mol. The largest absolute Gasteiger partial charge is 0.444 e. The Kier molecular flexibility index (Phi) is 5.06. The Hall–Kier alpha value is -2.11. The average Bonchev–Trinajstić information content (AvgIpc) is 3.16. The van der Waals surface area contributed by atoms with Gasteiger partial charge in [0.15, 0.2) is 5.82 Å². The topological polar surface area (TPSA) is 68.5 Å². The Morgan fingerprint density at radius 2 is 2.11 bits per heavy atom. The van der Waals surface area contributed by atoms with Crippen LogP contribution in [0.5, 0.6) is 0 Å². The maximum absolute atomic E-state index is 12.9. The van der Waals surface area contributed by atoms with Gasteiger partial charge in [-0.2, -0.15) is 4.98 Å². The van der Waals surface area contributed by atoms with E-state index in [1.54, 1.807) is 0 Å². The maximum Gasteiger partial charge on any atom is 0.411 e. The van der Waals surface area contributed by atoms with Crippen molar-refractivity contribution in [1.29, 1.82) is 0 Å². The lowest BCUT2D eigenvalue weighted by Crippen LogP contribution is -2.59. The summed E-state index contributed by atoms with van der Waals surface area (Å²) in [5, 5.41) is 4.24. The first-order valence-electron chi connectivity index (χ1n) is 10.5. The molecule has 2 aliphatic carbocycles.